The Labute approximate surface area is 118 Å². The molecule has 1 aromatic rings. The highest BCUT2D eigenvalue weighted by Gasteiger charge is 2.21. The minimum absolute atomic E-state index is 0.120. The summed E-state index contributed by atoms with van der Waals surface area (Å²) in [5.74, 6) is 0.120. The molecule has 5 nitrogen and oxygen atoms in total. The Balaban J connectivity index is 3.16. The number of nitrogens with one attached hydrogen (secondary N) is 1. The molecule has 19 heavy (non-hydrogen) atoms. The third-order valence-corrected chi connectivity index (χ3v) is 5.65. The molecule has 1 atom stereocenters. The van der Waals surface area contributed by atoms with Gasteiger partial charge in [0, 0.05) is 16.7 Å². The van der Waals surface area contributed by atoms with Crippen LogP contribution in [0.25, 0.3) is 0 Å². The molecule has 1 unspecified atom stereocenters. The lowest BCUT2D eigenvalue weighted by Gasteiger charge is -2.17. The van der Waals surface area contributed by atoms with Gasteiger partial charge in [-0.25, -0.2) is 21.6 Å². The van der Waals surface area contributed by atoms with Crippen molar-refractivity contribution in [2.75, 3.05) is 0 Å². The predicted molar refractivity (Wildman–Crippen MR) is 74.1 cm³/mol. The van der Waals surface area contributed by atoms with Crippen LogP contribution in [0.3, 0.4) is 0 Å². The van der Waals surface area contributed by atoms with E-state index in [1.807, 2.05) is 13.8 Å². The summed E-state index contributed by atoms with van der Waals surface area (Å²) in [5.41, 5.74) is 0. The maximum Gasteiger partial charge on any atom is 0.261 e. The second kappa shape index (κ2) is 5.78. The minimum Gasteiger partial charge on any atom is -0.208 e. The Hall–Kier alpha value is -0.630. The van der Waals surface area contributed by atoms with Crippen LogP contribution in [-0.2, 0) is 19.1 Å². The van der Waals surface area contributed by atoms with E-state index in [0.717, 1.165) is 6.07 Å². The summed E-state index contributed by atoms with van der Waals surface area (Å²) in [6, 6.07) is 4.68. The molecular formula is C11H16ClNO4S2. The highest BCUT2D eigenvalue weighted by molar-refractivity contribution is 8.13. The van der Waals surface area contributed by atoms with Crippen LogP contribution in [0.5, 0.6) is 0 Å². The van der Waals surface area contributed by atoms with Gasteiger partial charge in [-0.2, -0.15) is 0 Å². The van der Waals surface area contributed by atoms with Gasteiger partial charge in [-0.3, -0.25) is 0 Å². The Bertz CT molecular complexity index is 653. The first-order valence-electron chi connectivity index (χ1n) is 5.61. The summed E-state index contributed by atoms with van der Waals surface area (Å²) < 4.78 is 49.0. The molecule has 1 rings (SSSR count). The Morgan fingerprint density at radius 2 is 1.58 bits per heavy atom. The summed E-state index contributed by atoms with van der Waals surface area (Å²) in [5, 5.41) is 0. The quantitative estimate of drug-likeness (QED) is 0.839. The molecule has 108 valence electrons. The minimum atomic E-state index is -3.95. The summed E-state index contributed by atoms with van der Waals surface area (Å²) in [6.07, 6.45) is 0. The summed E-state index contributed by atoms with van der Waals surface area (Å²) in [6.45, 7) is 5.50. The van der Waals surface area contributed by atoms with Crippen molar-refractivity contribution in [1.82, 2.24) is 4.72 Å². The number of rotatable bonds is 5. The zero-order valence-electron chi connectivity index (χ0n) is 10.8. The third kappa shape index (κ3) is 4.45. The van der Waals surface area contributed by atoms with Gasteiger partial charge in [0.15, 0.2) is 0 Å². The SMILES string of the molecule is CC(C)C(C)NS(=O)(=O)c1cccc(S(=O)(=O)Cl)c1. The molecule has 0 aliphatic heterocycles. The topological polar surface area (TPSA) is 80.3 Å². The fourth-order valence-corrected chi connectivity index (χ4v) is 3.55. The van der Waals surface area contributed by atoms with Gasteiger partial charge < -0.3 is 0 Å². The molecule has 0 saturated heterocycles. The van der Waals surface area contributed by atoms with Gasteiger partial charge in [0.2, 0.25) is 10.0 Å². The van der Waals surface area contributed by atoms with Crippen molar-refractivity contribution in [3.05, 3.63) is 24.3 Å². The largest absolute Gasteiger partial charge is 0.261 e. The second-order valence-electron chi connectivity index (χ2n) is 4.57. The first kappa shape index (κ1) is 16.4. The molecule has 0 bridgehead atoms. The lowest BCUT2D eigenvalue weighted by atomic mass is 10.1. The van der Waals surface area contributed by atoms with E-state index in [4.69, 9.17) is 10.7 Å². The maximum absolute atomic E-state index is 12.1. The predicted octanol–water partition coefficient (Wildman–Crippen LogP) is 1.94. The van der Waals surface area contributed by atoms with Crippen LogP contribution < -0.4 is 4.72 Å². The van der Waals surface area contributed by atoms with E-state index in [1.54, 1.807) is 6.92 Å². The van der Waals surface area contributed by atoms with Gasteiger partial charge >= 0.3 is 0 Å². The standard InChI is InChI=1S/C11H16ClNO4S2/c1-8(2)9(3)13-19(16,17)11-6-4-5-10(7-11)18(12,14)15/h4-9,13H,1-3H3. The molecule has 0 aromatic heterocycles. The van der Waals surface area contributed by atoms with Crippen molar-refractivity contribution < 1.29 is 16.8 Å². The first-order valence-corrected chi connectivity index (χ1v) is 9.40. The highest BCUT2D eigenvalue weighted by Crippen LogP contribution is 2.19. The van der Waals surface area contributed by atoms with E-state index in [-0.39, 0.29) is 21.8 Å². The number of benzene rings is 1. The fourth-order valence-electron chi connectivity index (χ4n) is 1.24. The molecule has 0 amide bonds. The highest BCUT2D eigenvalue weighted by atomic mass is 35.7. The average molecular weight is 326 g/mol. The van der Waals surface area contributed by atoms with Gasteiger partial charge in [0.1, 0.15) is 0 Å². The first-order chi connectivity index (χ1) is 8.54. The molecule has 0 spiro atoms. The Kier molecular flexibility index (Phi) is 5.00. The number of hydrogen-bond acceptors (Lipinski definition) is 4. The van der Waals surface area contributed by atoms with E-state index in [0.29, 0.717) is 0 Å². The van der Waals surface area contributed by atoms with E-state index < -0.39 is 19.1 Å². The van der Waals surface area contributed by atoms with Crippen molar-refractivity contribution in [3.8, 4) is 0 Å². The van der Waals surface area contributed by atoms with Gasteiger partial charge in [-0.15, -0.1) is 0 Å². The zero-order valence-corrected chi connectivity index (χ0v) is 13.2. The van der Waals surface area contributed by atoms with Crippen molar-refractivity contribution in [2.24, 2.45) is 5.92 Å². The number of halogens is 1. The fraction of sp³-hybridized carbons (Fsp3) is 0.455. The molecule has 1 aromatic carbocycles. The van der Waals surface area contributed by atoms with Crippen LogP contribution in [0.15, 0.2) is 34.1 Å². The molecule has 0 aliphatic rings. The van der Waals surface area contributed by atoms with Crippen LogP contribution in [0, 0.1) is 5.92 Å². The van der Waals surface area contributed by atoms with Crippen LogP contribution in [-0.4, -0.2) is 22.9 Å². The van der Waals surface area contributed by atoms with E-state index in [1.165, 1.54) is 18.2 Å². The number of hydrogen-bond donors (Lipinski definition) is 1. The third-order valence-electron chi connectivity index (χ3n) is 2.74. The van der Waals surface area contributed by atoms with Crippen LogP contribution >= 0.6 is 10.7 Å². The van der Waals surface area contributed by atoms with Crippen molar-refractivity contribution in [2.45, 2.75) is 36.6 Å². The van der Waals surface area contributed by atoms with Crippen LogP contribution in [0.1, 0.15) is 20.8 Å². The van der Waals surface area contributed by atoms with Gasteiger partial charge in [-0.05, 0) is 31.0 Å². The summed E-state index contributed by atoms with van der Waals surface area (Å²) in [4.78, 5) is -0.365. The molecule has 0 radical (unpaired) electrons. The molecule has 8 heteroatoms. The molecule has 0 saturated carbocycles. The molecular weight excluding hydrogens is 310 g/mol. The van der Waals surface area contributed by atoms with Crippen LogP contribution in [0.4, 0.5) is 0 Å². The maximum atomic E-state index is 12.1. The zero-order chi connectivity index (χ0) is 14.8. The van der Waals surface area contributed by atoms with Crippen LogP contribution in [0.2, 0.25) is 0 Å². The Morgan fingerprint density at radius 3 is 2.05 bits per heavy atom. The van der Waals surface area contributed by atoms with Crippen molar-refractivity contribution in [1.29, 1.82) is 0 Å². The second-order valence-corrected chi connectivity index (χ2v) is 8.85. The average Bonchev–Trinajstić information content (AvgIpc) is 2.27. The monoisotopic (exact) mass is 325 g/mol. The molecule has 0 heterocycles. The molecule has 1 N–H and O–H groups in total. The van der Waals surface area contributed by atoms with Crippen molar-refractivity contribution in [3.63, 3.8) is 0 Å². The van der Waals surface area contributed by atoms with Gasteiger partial charge in [-0.1, -0.05) is 19.9 Å². The number of sulfonamides is 1. The van der Waals surface area contributed by atoms with Gasteiger partial charge in [0.25, 0.3) is 9.05 Å². The lowest BCUT2D eigenvalue weighted by Crippen LogP contribution is -2.36. The summed E-state index contributed by atoms with van der Waals surface area (Å²) >= 11 is 0. The smallest absolute Gasteiger partial charge is 0.208 e. The van der Waals surface area contributed by atoms with E-state index in [2.05, 4.69) is 4.72 Å². The van der Waals surface area contributed by atoms with E-state index in [9.17, 15) is 16.8 Å². The van der Waals surface area contributed by atoms with E-state index >= 15 is 0 Å². The summed E-state index contributed by atoms with van der Waals surface area (Å²) in [7, 11) is -2.52. The molecule has 0 aliphatic carbocycles. The normalized spacial score (nSPS) is 14.6. The van der Waals surface area contributed by atoms with Gasteiger partial charge in [0.05, 0.1) is 9.79 Å². The Morgan fingerprint density at radius 1 is 1.05 bits per heavy atom. The lowest BCUT2D eigenvalue weighted by molar-refractivity contribution is 0.476. The van der Waals surface area contributed by atoms with Crippen molar-refractivity contribution >= 4 is 29.8 Å². The molecule has 0 fully saturated rings.